The summed E-state index contributed by atoms with van der Waals surface area (Å²) >= 11 is 0. The van der Waals surface area contributed by atoms with E-state index in [0.29, 0.717) is 0 Å². The second kappa shape index (κ2) is 6.67. The van der Waals surface area contributed by atoms with Crippen LogP contribution in [0.1, 0.15) is 11.1 Å². The van der Waals surface area contributed by atoms with Crippen LogP contribution in [0, 0.1) is 6.92 Å². The van der Waals surface area contributed by atoms with Crippen molar-refractivity contribution in [3.05, 3.63) is 29.3 Å². The van der Waals surface area contributed by atoms with Crippen LogP contribution in [0.3, 0.4) is 0 Å². The second-order valence-corrected chi connectivity index (χ2v) is 4.27. The number of nitrogens with zero attached hydrogens (tertiary/aromatic N) is 1. The van der Waals surface area contributed by atoms with E-state index in [1.54, 1.807) is 18.2 Å². The van der Waals surface area contributed by atoms with E-state index in [1.807, 2.05) is 6.92 Å². The fourth-order valence-corrected chi connectivity index (χ4v) is 1.73. The predicted molar refractivity (Wildman–Crippen MR) is 64.6 cm³/mol. The van der Waals surface area contributed by atoms with Gasteiger partial charge in [-0.15, -0.1) is 0 Å². The van der Waals surface area contributed by atoms with Gasteiger partial charge in [0.25, 0.3) is 0 Å². The number of phenols is 1. The number of aromatic hydroxyl groups is 1. The van der Waals surface area contributed by atoms with Crippen LogP contribution in [0.25, 0.3) is 0 Å². The second-order valence-electron chi connectivity index (χ2n) is 4.27. The van der Waals surface area contributed by atoms with Gasteiger partial charge in [-0.2, -0.15) is 0 Å². The van der Waals surface area contributed by atoms with Crippen LogP contribution >= 0.6 is 0 Å². The van der Waals surface area contributed by atoms with Gasteiger partial charge >= 0.3 is 0 Å². The highest BCUT2D eigenvalue weighted by atomic mass is 16.5. The molecule has 0 spiro atoms. The van der Waals surface area contributed by atoms with Crippen molar-refractivity contribution < 1.29 is 25.5 Å². The van der Waals surface area contributed by atoms with Crippen LogP contribution in [0.4, 0.5) is 0 Å². The van der Waals surface area contributed by atoms with Crippen molar-refractivity contribution in [1.82, 2.24) is 4.90 Å². The number of hydrogen-bond acceptors (Lipinski definition) is 6. The molecule has 0 radical (unpaired) electrons. The smallest absolute Gasteiger partial charge is 0.164 e. The Balaban J connectivity index is 2.77. The Bertz CT molecular complexity index is 371. The highest BCUT2D eigenvalue weighted by Crippen LogP contribution is 2.17. The number of aryl methyl sites for hydroxylation is 1. The third kappa shape index (κ3) is 4.99. The Kier molecular flexibility index (Phi) is 5.52. The van der Waals surface area contributed by atoms with Crippen molar-refractivity contribution >= 4 is 0 Å². The standard InChI is InChI=1S/C12H19NO5/c1-8-2-3-10(14)4-9(8)5-13(6-11(15)16)7-12(17)18/h2-4,11-12,14-18H,5-7H2,1H3. The first-order valence-corrected chi connectivity index (χ1v) is 5.61. The zero-order valence-corrected chi connectivity index (χ0v) is 10.2. The van der Waals surface area contributed by atoms with Gasteiger partial charge in [-0.05, 0) is 30.2 Å². The molecule has 0 saturated heterocycles. The Morgan fingerprint density at radius 1 is 1.06 bits per heavy atom. The zero-order valence-electron chi connectivity index (χ0n) is 10.2. The molecule has 0 fully saturated rings. The van der Waals surface area contributed by atoms with Gasteiger partial charge in [-0.3, -0.25) is 4.90 Å². The first-order chi connectivity index (χ1) is 8.38. The van der Waals surface area contributed by atoms with Crippen LogP contribution in [0.15, 0.2) is 18.2 Å². The van der Waals surface area contributed by atoms with E-state index in [1.165, 1.54) is 4.90 Å². The van der Waals surface area contributed by atoms with E-state index < -0.39 is 12.6 Å². The molecule has 1 aromatic carbocycles. The van der Waals surface area contributed by atoms with Gasteiger partial charge in [0.2, 0.25) is 0 Å². The van der Waals surface area contributed by atoms with Gasteiger partial charge in [0.05, 0.1) is 0 Å². The quantitative estimate of drug-likeness (QED) is 0.424. The fourth-order valence-electron chi connectivity index (χ4n) is 1.73. The van der Waals surface area contributed by atoms with Crippen LogP contribution in [0.5, 0.6) is 5.75 Å². The molecule has 102 valence electrons. The maximum Gasteiger partial charge on any atom is 0.164 e. The van der Waals surface area contributed by atoms with Gasteiger partial charge in [0.1, 0.15) is 5.75 Å². The van der Waals surface area contributed by atoms with E-state index in [-0.39, 0.29) is 25.4 Å². The Hall–Kier alpha value is -1.18. The minimum Gasteiger partial charge on any atom is -0.508 e. The van der Waals surface area contributed by atoms with Crippen LogP contribution in [-0.2, 0) is 6.54 Å². The molecule has 0 aliphatic carbocycles. The molecule has 0 bridgehead atoms. The minimum absolute atomic E-state index is 0.104. The van der Waals surface area contributed by atoms with E-state index in [9.17, 15) is 5.11 Å². The topological polar surface area (TPSA) is 104 Å². The average molecular weight is 257 g/mol. The summed E-state index contributed by atoms with van der Waals surface area (Å²) in [6, 6.07) is 4.87. The number of aliphatic hydroxyl groups excluding tert-OH is 2. The summed E-state index contributed by atoms with van der Waals surface area (Å²) in [6.07, 6.45) is -3.11. The SMILES string of the molecule is Cc1ccc(O)cc1CN(CC(O)O)CC(O)O. The van der Waals surface area contributed by atoms with Crippen molar-refractivity contribution in [3.63, 3.8) is 0 Å². The van der Waals surface area contributed by atoms with E-state index >= 15 is 0 Å². The molecule has 0 aliphatic rings. The Morgan fingerprint density at radius 2 is 1.61 bits per heavy atom. The molecular formula is C12H19NO5. The molecule has 18 heavy (non-hydrogen) atoms. The number of benzene rings is 1. The molecule has 0 aliphatic heterocycles. The number of phenolic OH excluding ortho intramolecular Hbond substituents is 1. The number of hydrogen-bond donors (Lipinski definition) is 5. The molecule has 6 heteroatoms. The lowest BCUT2D eigenvalue weighted by Crippen LogP contribution is -2.37. The fraction of sp³-hybridized carbons (Fsp3) is 0.500. The number of rotatable bonds is 6. The summed E-state index contributed by atoms with van der Waals surface area (Å²) in [7, 11) is 0. The van der Waals surface area contributed by atoms with Crippen molar-refractivity contribution in [1.29, 1.82) is 0 Å². The third-order valence-electron chi connectivity index (χ3n) is 2.57. The minimum atomic E-state index is -1.55. The van der Waals surface area contributed by atoms with Crippen molar-refractivity contribution in [3.8, 4) is 5.75 Å². The molecule has 0 heterocycles. The molecule has 0 amide bonds. The van der Waals surface area contributed by atoms with Gasteiger partial charge < -0.3 is 25.5 Å². The van der Waals surface area contributed by atoms with Crippen molar-refractivity contribution in [2.45, 2.75) is 26.0 Å². The maximum atomic E-state index is 9.40. The normalized spacial score (nSPS) is 11.8. The first-order valence-electron chi connectivity index (χ1n) is 5.61. The van der Waals surface area contributed by atoms with E-state index in [4.69, 9.17) is 20.4 Å². The largest absolute Gasteiger partial charge is 0.508 e. The molecule has 1 aromatic rings. The highest BCUT2D eigenvalue weighted by molar-refractivity contribution is 5.33. The summed E-state index contributed by atoms with van der Waals surface area (Å²) in [6.45, 7) is 1.94. The molecular weight excluding hydrogens is 238 g/mol. The summed E-state index contributed by atoms with van der Waals surface area (Å²) in [5.74, 6) is 0.115. The van der Waals surface area contributed by atoms with Crippen molar-refractivity contribution in [2.75, 3.05) is 13.1 Å². The highest BCUT2D eigenvalue weighted by Gasteiger charge is 2.14. The monoisotopic (exact) mass is 257 g/mol. The molecule has 0 saturated carbocycles. The van der Waals surface area contributed by atoms with E-state index in [2.05, 4.69) is 0 Å². The van der Waals surface area contributed by atoms with Crippen LogP contribution in [0.2, 0.25) is 0 Å². The van der Waals surface area contributed by atoms with Gasteiger partial charge in [-0.25, -0.2) is 0 Å². The molecule has 0 unspecified atom stereocenters. The predicted octanol–water partition coefficient (Wildman–Crippen LogP) is -0.876. The number of aliphatic hydroxyl groups is 4. The first kappa shape index (κ1) is 14.9. The summed E-state index contributed by atoms with van der Waals surface area (Å²) in [4.78, 5) is 1.48. The Labute approximate surface area is 105 Å². The van der Waals surface area contributed by atoms with Crippen LogP contribution < -0.4 is 0 Å². The maximum absolute atomic E-state index is 9.40. The molecule has 0 aromatic heterocycles. The Morgan fingerprint density at radius 3 is 2.11 bits per heavy atom. The summed E-state index contributed by atoms with van der Waals surface area (Å²) in [5.41, 5.74) is 1.72. The lowest BCUT2D eigenvalue weighted by Gasteiger charge is -2.24. The van der Waals surface area contributed by atoms with Gasteiger partial charge in [0, 0.05) is 19.6 Å². The van der Waals surface area contributed by atoms with Crippen LogP contribution in [-0.4, -0.2) is 56.1 Å². The lowest BCUT2D eigenvalue weighted by atomic mass is 10.1. The molecule has 5 N–H and O–H groups in total. The summed E-state index contributed by atoms with van der Waals surface area (Å²) < 4.78 is 0. The third-order valence-corrected chi connectivity index (χ3v) is 2.57. The average Bonchev–Trinajstić information content (AvgIpc) is 2.21. The van der Waals surface area contributed by atoms with E-state index in [0.717, 1.165) is 11.1 Å². The summed E-state index contributed by atoms with van der Waals surface area (Å²) in [5, 5.41) is 45.2. The zero-order chi connectivity index (χ0) is 13.7. The van der Waals surface area contributed by atoms with Gasteiger partial charge in [0.15, 0.2) is 12.6 Å². The van der Waals surface area contributed by atoms with Crippen molar-refractivity contribution in [2.24, 2.45) is 0 Å². The van der Waals surface area contributed by atoms with Gasteiger partial charge in [-0.1, -0.05) is 6.07 Å². The molecule has 0 atom stereocenters. The molecule has 1 rings (SSSR count). The lowest BCUT2D eigenvalue weighted by molar-refractivity contribution is -0.0964. The molecule has 6 nitrogen and oxygen atoms in total.